The molecule has 1 saturated heterocycles. The lowest BCUT2D eigenvalue weighted by Crippen LogP contribution is -2.35. The highest BCUT2D eigenvalue weighted by Crippen LogP contribution is 2.25. The number of hydrogen-bond acceptors (Lipinski definition) is 3. The third-order valence-electron chi connectivity index (χ3n) is 4.27. The van der Waals surface area contributed by atoms with E-state index in [0.29, 0.717) is 6.04 Å². The second kappa shape index (κ2) is 5.32. The minimum Gasteiger partial charge on any atom is -0.494 e. The van der Waals surface area contributed by atoms with Crippen LogP contribution in [0.1, 0.15) is 19.8 Å². The monoisotopic (exact) mass is 275 g/mol. The molecule has 1 aliphatic rings. The number of H-pyrrole nitrogens is 1. The Balaban J connectivity index is 2.02. The Morgan fingerprint density at radius 1 is 1.45 bits per heavy atom. The Morgan fingerprint density at radius 2 is 2.30 bits per heavy atom. The molecule has 0 saturated carbocycles. The summed E-state index contributed by atoms with van der Waals surface area (Å²) >= 11 is 0. The molecule has 5 nitrogen and oxygen atoms in total. The highest BCUT2D eigenvalue weighted by atomic mass is 16.5. The molecule has 2 heterocycles. The zero-order valence-electron chi connectivity index (χ0n) is 12.1. The highest BCUT2D eigenvalue weighted by Gasteiger charge is 2.25. The molecule has 0 amide bonds. The maximum absolute atomic E-state index is 12.2. The van der Waals surface area contributed by atoms with Crippen molar-refractivity contribution in [3.05, 3.63) is 28.7 Å². The number of nitrogens with one attached hydrogen (secondary N) is 1. The van der Waals surface area contributed by atoms with E-state index in [1.165, 1.54) is 6.42 Å². The van der Waals surface area contributed by atoms with Gasteiger partial charge in [-0.3, -0.25) is 9.47 Å². The molecule has 0 bridgehead atoms. The van der Waals surface area contributed by atoms with E-state index in [9.17, 15) is 4.79 Å². The molecule has 1 aromatic heterocycles. The average molecular weight is 275 g/mol. The first-order chi connectivity index (χ1) is 9.74. The summed E-state index contributed by atoms with van der Waals surface area (Å²) in [5.74, 6) is 0.752. The van der Waals surface area contributed by atoms with Crippen LogP contribution in [0, 0.1) is 0 Å². The topological polar surface area (TPSA) is 50.3 Å². The Kier molecular flexibility index (Phi) is 3.53. The predicted octanol–water partition coefficient (Wildman–Crippen LogP) is 1.82. The van der Waals surface area contributed by atoms with Gasteiger partial charge in [0.25, 0.3) is 0 Å². The highest BCUT2D eigenvalue weighted by molar-refractivity contribution is 5.82. The van der Waals surface area contributed by atoms with Crippen molar-refractivity contribution in [2.45, 2.75) is 32.4 Å². The summed E-state index contributed by atoms with van der Waals surface area (Å²) in [5.41, 5.74) is 1.67. The lowest BCUT2D eigenvalue weighted by Gasteiger charge is -2.23. The first kappa shape index (κ1) is 13.2. The van der Waals surface area contributed by atoms with Crippen LogP contribution in [-0.4, -0.2) is 40.7 Å². The molecule has 1 aliphatic heterocycles. The van der Waals surface area contributed by atoms with Crippen LogP contribution in [0.15, 0.2) is 23.0 Å². The van der Waals surface area contributed by atoms with E-state index < -0.39 is 0 Å². The predicted molar refractivity (Wildman–Crippen MR) is 79.4 cm³/mol. The number of para-hydroxylation sites is 1. The van der Waals surface area contributed by atoms with E-state index in [-0.39, 0.29) is 5.69 Å². The van der Waals surface area contributed by atoms with Crippen LogP contribution in [0.25, 0.3) is 11.0 Å². The zero-order chi connectivity index (χ0) is 14.1. The normalized spacial score (nSPS) is 19.8. The minimum absolute atomic E-state index is 0.0487. The summed E-state index contributed by atoms with van der Waals surface area (Å²) in [5, 5.41) is 0. The van der Waals surface area contributed by atoms with Crippen LogP contribution in [0.3, 0.4) is 0 Å². The molecular formula is C15H21N3O2. The quantitative estimate of drug-likeness (QED) is 0.926. The molecule has 5 heteroatoms. The summed E-state index contributed by atoms with van der Waals surface area (Å²) in [6.45, 7) is 5.08. The van der Waals surface area contributed by atoms with Crippen molar-refractivity contribution in [3.8, 4) is 5.75 Å². The van der Waals surface area contributed by atoms with E-state index in [2.05, 4.69) is 16.8 Å². The fourth-order valence-electron chi connectivity index (χ4n) is 3.25. The number of nitrogens with zero attached hydrogens (tertiary/aromatic N) is 2. The smallest absolute Gasteiger partial charge is 0.326 e. The number of aromatic nitrogens is 2. The van der Waals surface area contributed by atoms with Gasteiger partial charge < -0.3 is 9.72 Å². The SMILES string of the molecule is CCN1CCCC1Cn1c(=O)[nH]c2cccc(OC)c21. The van der Waals surface area contributed by atoms with Crippen LogP contribution >= 0.6 is 0 Å². The summed E-state index contributed by atoms with van der Waals surface area (Å²) in [4.78, 5) is 17.6. The summed E-state index contributed by atoms with van der Waals surface area (Å²) in [6.07, 6.45) is 2.37. The van der Waals surface area contributed by atoms with E-state index in [4.69, 9.17) is 4.74 Å². The summed E-state index contributed by atoms with van der Waals surface area (Å²) < 4.78 is 7.23. The maximum Gasteiger partial charge on any atom is 0.326 e. The number of imidazole rings is 1. The lowest BCUT2D eigenvalue weighted by molar-refractivity contribution is 0.244. The van der Waals surface area contributed by atoms with Gasteiger partial charge in [-0.05, 0) is 38.1 Å². The molecule has 1 unspecified atom stereocenters. The zero-order valence-corrected chi connectivity index (χ0v) is 12.1. The number of aromatic amines is 1. The van der Waals surface area contributed by atoms with Gasteiger partial charge in [-0.15, -0.1) is 0 Å². The van der Waals surface area contributed by atoms with Crippen LogP contribution in [-0.2, 0) is 6.54 Å². The van der Waals surface area contributed by atoms with Gasteiger partial charge in [0.15, 0.2) is 0 Å². The molecule has 0 spiro atoms. The molecule has 3 rings (SSSR count). The van der Waals surface area contributed by atoms with Gasteiger partial charge >= 0.3 is 5.69 Å². The van der Waals surface area contributed by atoms with Crippen molar-refractivity contribution in [1.82, 2.24) is 14.5 Å². The second-order valence-electron chi connectivity index (χ2n) is 5.32. The third kappa shape index (κ3) is 2.12. The first-order valence-electron chi connectivity index (χ1n) is 7.24. The van der Waals surface area contributed by atoms with Gasteiger partial charge in [0, 0.05) is 12.6 Å². The van der Waals surface area contributed by atoms with Gasteiger partial charge in [-0.2, -0.15) is 0 Å². The van der Waals surface area contributed by atoms with Gasteiger partial charge in [-0.1, -0.05) is 13.0 Å². The molecule has 1 aromatic carbocycles. The Labute approximate surface area is 118 Å². The molecule has 0 aliphatic carbocycles. The number of likely N-dealkylation sites (tertiary alicyclic amines) is 1. The molecule has 108 valence electrons. The average Bonchev–Trinajstić information content (AvgIpc) is 3.03. The largest absolute Gasteiger partial charge is 0.494 e. The fraction of sp³-hybridized carbons (Fsp3) is 0.533. The Hall–Kier alpha value is -1.75. The molecule has 1 N–H and O–H groups in total. The standard InChI is InChI=1S/C15H21N3O2/c1-3-17-9-5-6-11(17)10-18-14-12(16-15(18)19)7-4-8-13(14)20-2/h4,7-8,11H,3,5-6,9-10H2,1-2H3,(H,16,19). The number of likely N-dealkylation sites (N-methyl/N-ethyl adjacent to an activating group) is 1. The van der Waals surface area contributed by atoms with Gasteiger partial charge in [0.1, 0.15) is 11.3 Å². The number of rotatable bonds is 4. The number of hydrogen-bond donors (Lipinski definition) is 1. The van der Waals surface area contributed by atoms with Crippen LogP contribution < -0.4 is 10.4 Å². The fourth-order valence-corrected chi connectivity index (χ4v) is 3.25. The molecule has 1 fully saturated rings. The van der Waals surface area contributed by atoms with E-state index >= 15 is 0 Å². The lowest BCUT2D eigenvalue weighted by atomic mass is 10.2. The van der Waals surface area contributed by atoms with Crippen molar-refractivity contribution in [3.63, 3.8) is 0 Å². The van der Waals surface area contributed by atoms with Gasteiger partial charge in [0.2, 0.25) is 0 Å². The molecule has 2 aromatic rings. The van der Waals surface area contributed by atoms with Crippen molar-refractivity contribution in [2.24, 2.45) is 0 Å². The number of ether oxygens (including phenoxy) is 1. The van der Waals surface area contributed by atoms with Gasteiger partial charge in [0.05, 0.1) is 12.6 Å². The molecule has 0 radical (unpaired) electrons. The summed E-state index contributed by atoms with van der Waals surface area (Å²) in [6, 6.07) is 6.16. The second-order valence-corrected chi connectivity index (χ2v) is 5.32. The number of methoxy groups -OCH3 is 1. The minimum atomic E-state index is -0.0487. The first-order valence-corrected chi connectivity index (χ1v) is 7.24. The third-order valence-corrected chi connectivity index (χ3v) is 4.27. The van der Waals surface area contributed by atoms with Crippen molar-refractivity contribution in [1.29, 1.82) is 0 Å². The number of benzene rings is 1. The van der Waals surface area contributed by atoms with Crippen LogP contribution in [0.2, 0.25) is 0 Å². The molecule has 20 heavy (non-hydrogen) atoms. The van der Waals surface area contributed by atoms with Crippen molar-refractivity contribution in [2.75, 3.05) is 20.2 Å². The van der Waals surface area contributed by atoms with E-state index in [1.54, 1.807) is 7.11 Å². The van der Waals surface area contributed by atoms with Crippen LogP contribution in [0.4, 0.5) is 0 Å². The molecular weight excluding hydrogens is 254 g/mol. The van der Waals surface area contributed by atoms with Gasteiger partial charge in [-0.25, -0.2) is 4.79 Å². The van der Waals surface area contributed by atoms with Crippen molar-refractivity contribution < 1.29 is 4.74 Å². The Morgan fingerprint density at radius 3 is 3.05 bits per heavy atom. The van der Waals surface area contributed by atoms with Crippen molar-refractivity contribution >= 4 is 11.0 Å². The molecule has 1 atom stereocenters. The van der Waals surface area contributed by atoms with E-state index in [1.807, 2.05) is 22.8 Å². The maximum atomic E-state index is 12.2. The van der Waals surface area contributed by atoms with E-state index in [0.717, 1.165) is 42.8 Å². The van der Waals surface area contributed by atoms with Crippen LogP contribution in [0.5, 0.6) is 5.75 Å². The Bertz CT molecular complexity index is 659. The number of fused-ring (bicyclic) bond motifs is 1. The summed E-state index contributed by atoms with van der Waals surface area (Å²) in [7, 11) is 1.64.